The van der Waals surface area contributed by atoms with E-state index in [0.29, 0.717) is 4.47 Å². The van der Waals surface area contributed by atoms with Gasteiger partial charge in [0.05, 0.1) is 4.47 Å². The number of rotatable bonds is 1. The first-order chi connectivity index (χ1) is 5.24. The second-order valence-corrected chi connectivity index (χ2v) is 2.92. The molecule has 3 heteroatoms. The average Bonchev–Trinajstić information content (AvgIpc) is 1.98. The number of halogens is 2. The third-order valence-electron chi connectivity index (χ3n) is 1.22. The lowest BCUT2D eigenvalue weighted by molar-refractivity contribution is 0.621. The minimum atomic E-state index is -0.262. The first-order valence-electron chi connectivity index (χ1n) is 3.11. The molecule has 1 nitrogen and oxygen atoms in total. The van der Waals surface area contributed by atoms with Gasteiger partial charge in [0.1, 0.15) is 5.82 Å². The smallest absolute Gasteiger partial charge is 0.138 e. The second-order valence-electron chi connectivity index (χ2n) is 2.06. The van der Waals surface area contributed by atoms with E-state index in [4.69, 9.17) is 0 Å². The highest BCUT2D eigenvalue weighted by atomic mass is 79.9. The summed E-state index contributed by atoms with van der Waals surface area (Å²) in [6.07, 6.45) is 1.61. The Morgan fingerprint density at radius 3 is 2.82 bits per heavy atom. The fraction of sp³-hybridized carbons (Fsp3) is 0.125. The van der Waals surface area contributed by atoms with Gasteiger partial charge in [0.2, 0.25) is 0 Å². The van der Waals surface area contributed by atoms with Gasteiger partial charge in [-0.2, -0.15) is 0 Å². The number of nitrogens with zero attached hydrogens (tertiary/aromatic N) is 1. The molecule has 1 aromatic carbocycles. The number of hydrogen-bond acceptors (Lipinski definition) is 1. The van der Waals surface area contributed by atoms with E-state index < -0.39 is 0 Å². The maximum absolute atomic E-state index is 12.8. The summed E-state index contributed by atoms with van der Waals surface area (Å²) >= 11 is 3.06. The zero-order valence-electron chi connectivity index (χ0n) is 6.01. The molecule has 0 amide bonds. The lowest BCUT2D eigenvalue weighted by Crippen LogP contribution is -1.83. The van der Waals surface area contributed by atoms with E-state index >= 15 is 0 Å². The summed E-state index contributed by atoms with van der Waals surface area (Å²) in [5.41, 5.74) is 0.771. The van der Waals surface area contributed by atoms with Crippen molar-refractivity contribution in [1.82, 2.24) is 0 Å². The van der Waals surface area contributed by atoms with Crippen LogP contribution < -0.4 is 0 Å². The van der Waals surface area contributed by atoms with Gasteiger partial charge in [-0.15, -0.1) is 0 Å². The molecular weight excluding hydrogens is 209 g/mol. The van der Waals surface area contributed by atoms with E-state index in [1.165, 1.54) is 6.07 Å². The van der Waals surface area contributed by atoms with E-state index in [0.717, 1.165) is 5.56 Å². The van der Waals surface area contributed by atoms with E-state index in [1.807, 2.05) is 0 Å². The molecule has 0 saturated carbocycles. The quantitative estimate of drug-likeness (QED) is 0.640. The molecule has 0 aliphatic rings. The molecule has 0 radical (unpaired) electrons. The molecule has 0 aliphatic heterocycles. The van der Waals surface area contributed by atoms with Gasteiger partial charge in [-0.1, -0.05) is 6.07 Å². The zero-order valence-corrected chi connectivity index (χ0v) is 7.60. The van der Waals surface area contributed by atoms with Crippen molar-refractivity contribution in [2.45, 2.75) is 0 Å². The molecule has 1 aromatic rings. The summed E-state index contributed by atoms with van der Waals surface area (Å²) in [6.45, 7) is 0. The van der Waals surface area contributed by atoms with Crippen LogP contribution in [-0.2, 0) is 0 Å². The first kappa shape index (κ1) is 8.40. The van der Waals surface area contributed by atoms with Crippen molar-refractivity contribution in [2.24, 2.45) is 4.99 Å². The van der Waals surface area contributed by atoms with Crippen LogP contribution in [0.3, 0.4) is 0 Å². The van der Waals surface area contributed by atoms with Crippen molar-refractivity contribution in [1.29, 1.82) is 0 Å². The van der Waals surface area contributed by atoms with Gasteiger partial charge < -0.3 is 0 Å². The summed E-state index contributed by atoms with van der Waals surface area (Å²) in [4.78, 5) is 3.77. The van der Waals surface area contributed by atoms with Gasteiger partial charge >= 0.3 is 0 Å². The van der Waals surface area contributed by atoms with Crippen molar-refractivity contribution < 1.29 is 4.39 Å². The number of benzene rings is 1. The maximum Gasteiger partial charge on any atom is 0.138 e. The molecule has 0 unspecified atom stereocenters. The normalized spacial score (nSPS) is 10.8. The summed E-state index contributed by atoms with van der Waals surface area (Å²) in [5, 5.41) is 0. The predicted octanol–water partition coefficient (Wildman–Crippen LogP) is 2.64. The largest absolute Gasteiger partial charge is 0.296 e. The minimum Gasteiger partial charge on any atom is -0.296 e. The van der Waals surface area contributed by atoms with Gasteiger partial charge in [-0.05, 0) is 33.6 Å². The molecule has 0 heterocycles. The van der Waals surface area contributed by atoms with E-state index in [-0.39, 0.29) is 5.82 Å². The van der Waals surface area contributed by atoms with Crippen LogP contribution in [0.15, 0.2) is 27.7 Å². The first-order valence-corrected chi connectivity index (χ1v) is 3.90. The van der Waals surface area contributed by atoms with Gasteiger partial charge in [0.15, 0.2) is 0 Å². The number of aliphatic imine (C=N–C) groups is 1. The minimum absolute atomic E-state index is 0.262. The third-order valence-corrected chi connectivity index (χ3v) is 1.86. The van der Waals surface area contributed by atoms with Crippen LogP contribution in [0.2, 0.25) is 0 Å². The topological polar surface area (TPSA) is 12.4 Å². The van der Waals surface area contributed by atoms with Crippen LogP contribution in [0, 0.1) is 5.82 Å². The van der Waals surface area contributed by atoms with Gasteiger partial charge in [-0.3, -0.25) is 4.99 Å². The Labute approximate surface area is 73.1 Å². The van der Waals surface area contributed by atoms with E-state index in [2.05, 4.69) is 20.9 Å². The zero-order chi connectivity index (χ0) is 8.27. The molecular formula is C8H7BrFN. The molecule has 0 aromatic heterocycles. The summed E-state index contributed by atoms with van der Waals surface area (Å²) in [6, 6.07) is 4.88. The van der Waals surface area contributed by atoms with Crippen LogP contribution in [-0.4, -0.2) is 13.3 Å². The van der Waals surface area contributed by atoms with Crippen LogP contribution in [0.25, 0.3) is 0 Å². The fourth-order valence-electron chi connectivity index (χ4n) is 0.742. The fourth-order valence-corrected chi connectivity index (χ4v) is 0.988. The third kappa shape index (κ3) is 2.12. The molecule has 1 rings (SSSR count). The second kappa shape index (κ2) is 3.62. The molecule has 0 saturated heterocycles. The van der Waals surface area contributed by atoms with Crippen molar-refractivity contribution in [3.05, 3.63) is 34.1 Å². The van der Waals surface area contributed by atoms with Crippen LogP contribution >= 0.6 is 15.9 Å². The molecule has 0 atom stereocenters. The summed E-state index contributed by atoms with van der Waals surface area (Å²) in [7, 11) is 1.65. The molecule has 0 spiro atoms. The Hall–Kier alpha value is -0.700. The van der Waals surface area contributed by atoms with Gasteiger partial charge in [0.25, 0.3) is 0 Å². The molecule has 58 valence electrons. The van der Waals surface area contributed by atoms with Crippen molar-refractivity contribution >= 4 is 22.1 Å². The van der Waals surface area contributed by atoms with E-state index in [1.54, 1.807) is 25.4 Å². The highest BCUT2D eigenvalue weighted by molar-refractivity contribution is 9.10. The van der Waals surface area contributed by atoms with Crippen molar-refractivity contribution in [3.8, 4) is 0 Å². The lowest BCUT2D eigenvalue weighted by atomic mass is 10.2. The van der Waals surface area contributed by atoms with Gasteiger partial charge in [-0.25, -0.2) is 4.39 Å². The molecule has 0 N–H and O–H groups in total. The predicted molar refractivity (Wildman–Crippen MR) is 47.6 cm³/mol. The Balaban J connectivity index is 3.05. The van der Waals surface area contributed by atoms with Crippen LogP contribution in [0.5, 0.6) is 0 Å². The highest BCUT2D eigenvalue weighted by Gasteiger charge is 1.97. The van der Waals surface area contributed by atoms with Crippen molar-refractivity contribution in [3.63, 3.8) is 0 Å². The lowest BCUT2D eigenvalue weighted by Gasteiger charge is -1.94. The molecule has 0 fully saturated rings. The average molecular weight is 216 g/mol. The Morgan fingerprint density at radius 1 is 1.55 bits per heavy atom. The SMILES string of the molecule is C/N=C/c1ccc(Br)c(F)c1. The van der Waals surface area contributed by atoms with E-state index in [9.17, 15) is 4.39 Å². The monoisotopic (exact) mass is 215 g/mol. The van der Waals surface area contributed by atoms with Gasteiger partial charge in [0, 0.05) is 13.3 Å². The molecule has 0 aliphatic carbocycles. The molecule has 11 heavy (non-hydrogen) atoms. The van der Waals surface area contributed by atoms with Crippen LogP contribution in [0.4, 0.5) is 4.39 Å². The van der Waals surface area contributed by atoms with Crippen LogP contribution in [0.1, 0.15) is 5.56 Å². The Kier molecular flexibility index (Phi) is 2.76. The Bertz CT molecular complexity index is 283. The van der Waals surface area contributed by atoms with Crippen molar-refractivity contribution in [2.75, 3.05) is 7.05 Å². The molecule has 0 bridgehead atoms. The highest BCUT2D eigenvalue weighted by Crippen LogP contribution is 2.15. The standard InChI is InChI=1S/C8H7BrFN/c1-11-5-6-2-3-7(9)8(10)4-6/h2-5H,1H3/b11-5+. The summed E-state index contributed by atoms with van der Waals surface area (Å²) in [5.74, 6) is -0.262. The maximum atomic E-state index is 12.8. The summed E-state index contributed by atoms with van der Waals surface area (Å²) < 4.78 is 13.3. The Morgan fingerprint density at radius 2 is 2.27 bits per heavy atom. The number of hydrogen-bond donors (Lipinski definition) is 0.